The molecule has 0 atom stereocenters. The van der Waals surface area contributed by atoms with Crippen molar-refractivity contribution >= 4 is 33.7 Å². The Labute approximate surface area is 81.5 Å². The Bertz CT molecular complexity index is 207. The molecule has 0 radical (unpaired) electrons. The molecule has 0 heterocycles. The third-order valence-corrected chi connectivity index (χ3v) is 2.00. The number of carbonyl (C=O) groups is 2. The molecule has 0 saturated heterocycles. The monoisotopic (exact) mass is 208 g/mol. The summed E-state index contributed by atoms with van der Waals surface area (Å²) in [7, 11) is 0. The van der Waals surface area contributed by atoms with Crippen LogP contribution in [-0.4, -0.2) is 10.5 Å². The number of carbonyl (C=O) groups excluding carboxylic acids is 2. The fourth-order valence-corrected chi connectivity index (χ4v) is 1.44. The Hall–Kier alpha value is -0.340. The smallest absolute Gasteiger partial charge is 0.248 e. The minimum Gasteiger partial charge on any atom is -0.276 e. The molecule has 0 aliphatic rings. The van der Waals surface area contributed by atoms with E-state index in [9.17, 15) is 9.59 Å². The number of halogens is 2. The summed E-state index contributed by atoms with van der Waals surface area (Å²) in [5.74, 6) is 0. The third kappa shape index (κ3) is 2.95. The minimum absolute atomic E-state index is 0.319. The van der Waals surface area contributed by atoms with Gasteiger partial charge in [-0.3, -0.25) is 9.59 Å². The summed E-state index contributed by atoms with van der Waals surface area (Å²) >= 11 is 10.5. The van der Waals surface area contributed by atoms with Gasteiger partial charge in [-0.1, -0.05) is 13.8 Å². The molecule has 0 amide bonds. The van der Waals surface area contributed by atoms with E-state index in [0.29, 0.717) is 24.0 Å². The van der Waals surface area contributed by atoms with E-state index in [0.717, 1.165) is 0 Å². The zero-order valence-electron chi connectivity index (χ0n) is 6.99. The summed E-state index contributed by atoms with van der Waals surface area (Å²) in [5, 5.41) is -1.19. The molecule has 0 aromatic carbocycles. The van der Waals surface area contributed by atoms with Gasteiger partial charge in [-0.2, -0.15) is 0 Å². The fraction of sp³-hybridized carbons (Fsp3) is 0.500. The molecule has 0 bridgehead atoms. The summed E-state index contributed by atoms with van der Waals surface area (Å²) in [6, 6.07) is 0. The van der Waals surface area contributed by atoms with Gasteiger partial charge in [0.25, 0.3) is 0 Å². The summed E-state index contributed by atoms with van der Waals surface area (Å²) in [6.45, 7) is 3.51. The van der Waals surface area contributed by atoms with Gasteiger partial charge in [0, 0.05) is 11.1 Å². The maximum atomic E-state index is 10.8. The first-order valence-corrected chi connectivity index (χ1v) is 4.41. The van der Waals surface area contributed by atoms with Gasteiger partial charge in [0.2, 0.25) is 10.5 Å². The number of allylic oxidation sites excluding steroid dienone is 2. The lowest BCUT2D eigenvalue weighted by Gasteiger charge is -2.03. The highest BCUT2D eigenvalue weighted by Gasteiger charge is 2.14. The Morgan fingerprint density at radius 1 is 0.917 bits per heavy atom. The molecule has 0 aliphatic heterocycles. The van der Waals surface area contributed by atoms with Gasteiger partial charge in [0.05, 0.1) is 0 Å². The second kappa shape index (κ2) is 5.33. The molecular weight excluding hydrogens is 199 g/mol. The van der Waals surface area contributed by atoms with Crippen molar-refractivity contribution in [2.24, 2.45) is 0 Å². The van der Waals surface area contributed by atoms with Crippen LogP contribution in [0, 0.1) is 0 Å². The molecule has 68 valence electrons. The topological polar surface area (TPSA) is 34.1 Å². The van der Waals surface area contributed by atoms with Crippen LogP contribution >= 0.6 is 23.2 Å². The van der Waals surface area contributed by atoms with Crippen molar-refractivity contribution in [3.05, 3.63) is 11.1 Å². The third-order valence-electron chi connectivity index (χ3n) is 1.55. The maximum Gasteiger partial charge on any atom is 0.248 e. The Morgan fingerprint density at radius 3 is 1.25 bits per heavy atom. The molecule has 0 saturated carbocycles. The normalized spacial score (nSPS) is 12.3. The summed E-state index contributed by atoms with van der Waals surface area (Å²) in [4.78, 5) is 21.6. The van der Waals surface area contributed by atoms with Crippen LogP contribution in [0.5, 0.6) is 0 Å². The van der Waals surface area contributed by atoms with Crippen LogP contribution in [0.25, 0.3) is 0 Å². The van der Waals surface area contributed by atoms with E-state index in [-0.39, 0.29) is 0 Å². The lowest BCUT2D eigenvalue weighted by molar-refractivity contribution is -0.111. The van der Waals surface area contributed by atoms with E-state index in [2.05, 4.69) is 0 Å². The molecule has 2 nitrogen and oxygen atoms in total. The Morgan fingerprint density at radius 2 is 1.17 bits per heavy atom. The lowest BCUT2D eigenvalue weighted by atomic mass is 10.1. The predicted molar refractivity (Wildman–Crippen MR) is 49.3 cm³/mol. The highest BCUT2D eigenvalue weighted by atomic mass is 35.5. The van der Waals surface area contributed by atoms with E-state index in [1.807, 2.05) is 0 Å². The molecule has 0 spiro atoms. The number of rotatable bonds is 4. The van der Waals surface area contributed by atoms with Crippen LogP contribution in [0.15, 0.2) is 11.1 Å². The highest BCUT2D eigenvalue weighted by molar-refractivity contribution is 6.71. The molecule has 0 rings (SSSR count). The first-order valence-electron chi connectivity index (χ1n) is 3.66. The van der Waals surface area contributed by atoms with Crippen LogP contribution in [0.2, 0.25) is 0 Å². The van der Waals surface area contributed by atoms with Crippen molar-refractivity contribution in [1.29, 1.82) is 0 Å². The summed E-state index contributed by atoms with van der Waals surface area (Å²) < 4.78 is 0. The fourth-order valence-electron chi connectivity index (χ4n) is 0.942. The van der Waals surface area contributed by atoms with E-state index in [4.69, 9.17) is 23.2 Å². The van der Waals surface area contributed by atoms with Crippen LogP contribution < -0.4 is 0 Å². The molecule has 0 N–H and O–H groups in total. The van der Waals surface area contributed by atoms with Crippen molar-refractivity contribution in [2.45, 2.75) is 26.7 Å². The molecule has 0 aromatic heterocycles. The lowest BCUT2D eigenvalue weighted by Crippen LogP contribution is -2.03. The average Bonchev–Trinajstić information content (AvgIpc) is 1.98. The summed E-state index contributed by atoms with van der Waals surface area (Å²) in [5.41, 5.74) is 0.637. The van der Waals surface area contributed by atoms with Crippen LogP contribution in [0.1, 0.15) is 26.7 Å². The Kier molecular flexibility index (Phi) is 5.18. The van der Waals surface area contributed by atoms with Crippen molar-refractivity contribution in [1.82, 2.24) is 0 Å². The van der Waals surface area contributed by atoms with Gasteiger partial charge < -0.3 is 0 Å². The van der Waals surface area contributed by atoms with Crippen molar-refractivity contribution in [3.63, 3.8) is 0 Å². The quantitative estimate of drug-likeness (QED) is 0.526. The molecular formula is C8H10Cl2O2. The largest absolute Gasteiger partial charge is 0.276 e. The molecule has 12 heavy (non-hydrogen) atoms. The second-order valence-electron chi connectivity index (χ2n) is 2.21. The number of hydrogen-bond acceptors (Lipinski definition) is 2. The molecule has 0 aromatic rings. The van der Waals surface area contributed by atoms with Gasteiger partial charge in [0.1, 0.15) is 0 Å². The van der Waals surface area contributed by atoms with Gasteiger partial charge in [0.15, 0.2) is 0 Å². The van der Waals surface area contributed by atoms with Crippen LogP contribution in [0.4, 0.5) is 0 Å². The van der Waals surface area contributed by atoms with Crippen molar-refractivity contribution in [3.8, 4) is 0 Å². The molecule has 0 fully saturated rings. The molecule has 0 unspecified atom stereocenters. The molecule has 4 heteroatoms. The first kappa shape index (κ1) is 11.7. The Balaban J connectivity index is 5.01. The standard InChI is InChI=1S/C8H10Cl2O2/c1-3-5(7(9)11)6(4-2)8(10)12/h3-4H2,1-2H3/b6-5-. The van der Waals surface area contributed by atoms with E-state index in [1.165, 1.54) is 0 Å². The SMILES string of the molecule is CC/C(C(=O)Cl)=C(\CC)C(=O)Cl. The van der Waals surface area contributed by atoms with Gasteiger partial charge >= 0.3 is 0 Å². The highest BCUT2D eigenvalue weighted by Crippen LogP contribution is 2.17. The van der Waals surface area contributed by atoms with Crippen LogP contribution in [-0.2, 0) is 9.59 Å². The minimum atomic E-state index is -0.594. The van der Waals surface area contributed by atoms with Crippen molar-refractivity contribution in [2.75, 3.05) is 0 Å². The van der Waals surface area contributed by atoms with Crippen molar-refractivity contribution < 1.29 is 9.59 Å². The number of hydrogen-bond donors (Lipinski definition) is 0. The average molecular weight is 209 g/mol. The summed E-state index contributed by atoms with van der Waals surface area (Å²) in [6.07, 6.45) is 0.869. The zero-order valence-corrected chi connectivity index (χ0v) is 8.50. The van der Waals surface area contributed by atoms with Gasteiger partial charge in [-0.05, 0) is 36.0 Å². The first-order chi connectivity index (χ1) is 5.54. The van der Waals surface area contributed by atoms with Gasteiger partial charge in [-0.15, -0.1) is 0 Å². The zero-order chi connectivity index (χ0) is 9.72. The van der Waals surface area contributed by atoms with Crippen LogP contribution in [0.3, 0.4) is 0 Å². The van der Waals surface area contributed by atoms with Gasteiger partial charge in [-0.25, -0.2) is 0 Å². The van der Waals surface area contributed by atoms with E-state index in [1.54, 1.807) is 13.8 Å². The predicted octanol–water partition coefficient (Wildman–Crippen LogP) is 2.63. The molecule has 0 aliphatic carbocycles. The second-order valence-corrected chi connectivity index (χ2v) is 2.90. The van der Waals surface area contributed by atoms with E-state index < -0.39 is 10.5 Å². The van der Waals surface area contributed by atoms with E-state index >= 15 is 0 Å². The maximum absolute atomic E-state index is 10.8.